The van der Waals surface area contributed by atoms with Gasteiger partial charge in [0.15, 0.2) is 0 Å². The van der Waals surface area contributed by atoms with Crippen LogP contribution in [0.5, 0.6) is 0 Å². The molecule has 3 aliphatic rings. The Hall–Kier alpha value is -2.45. The van der Waals surface area contributed by atoms with E-state index in [4.69, 9.17) is 0 Å². The maximum absolute atomic E-state index is 3.81. The number of fused-ring (bicyclic) bond motifs is 2. The summed E-state index contributed by atoms with van der Waals surface area (Å²) in [5, 5.41) is 3.81. The summed E-state index contributed by atoms with van der Waals surface area (Å²) in [4.78, 5) is 2.62. The molecule has 1 N–H and O–H groups in total. The normalized spacial score (nSPS) is 27.2. The Labute approximate surface area is 171 Å². The van der Waals surface area contributed by atoms with Crippen molar-refractivity contribution < 1.29 is 0 Å². The maximum atomic E-state index is 3.81. The number of hydrogen-bond acceptors (Lipinski definition) is 2. The smallest absolute Gasteiger partial charge is 0.0570 e. The lowest BCUT2D eigenvalue weighted by Crippen LogP contribution is -2.30. The van der Waals surface area contributed by atoms with Gasteiger partial charge in [-0.1, -0.05) is 92.4 Å². The van der Waals surface area contributed by atoms with Crippen LogP contribution in [0.15, 0.2) is 94.8 Å². The van der Waals surface area contributed by atoms with Gasteiger partial charge in [-0.05, 0) is 42.2 Å². The predicted molar refractivity (Wildman–Crippen MR) is 121 cm³/mol. The molecule has 2 aromatic rings. The Morgan fingerprint density at radius 3 is 2.21 bits per heavy atom. The maximum Gasteiger partial charge on any atom is 0.0570 e. The van der Waals surface area contributed by atoms with Crippen LogP contribution >= 0.6 is 11.8 Å². The van der Waals surface area contributed by atoms with Crippen molar-refractivity contribution in [3.63, 3.8) is 0 Å². The molecule has 0 saturated heterocycles. The van der Waals surface area contributed by atoms with Crippen LogP contribution in [-0.4, -0.2) is 0 Å². The molecule has 5 rings (SSSR count). The summed E-state index contributed by atoms with van der Waals surface area (Å²) >= 11 is 1.88. The summed E-state index contributed by atoms with van der Waals surface area (Å²) in [6.07, 6.45) is 20.1. The number of allylic oxidation sites excluding steroid dienone is 8. The molecule has 2 aromatic carbocycles. The number of anilines is 2. The highest BCUT2D eigenvalue weighted by Crippen LogP contribution is 2.52. The van der Waals surface area contributed by atoms with Gasteiger partial charge in [0.1, 0.15) is 0 Å². The lowest BCUT2D eigenvalue weighted by Gasteiger charge is -2.39. The average molecular weight is 384 g/mol. The Bertz CT molecular complexity index is 1060. The van der Waals surface area contributed by atoms with Gasteiger partial charge < -0.3 is 5.32 Å². The van der Waals surface area contributed by atoms with Crippen molar-refractivity contribution >= 4 is 23.1 Å². The molecule has 0 fully saturated rings. The van der Waals surface area contributed by atoms with E-state index in [1.54, 1.807) is 0 Å². The zero-order valence-corrected chi connectivity index (χ0v) is 17.2. The minimum Gasteiger partial charge on any atom is -0.353 e. The number of para-hydroxylation sites is 1. The topological polar surface area (TPSA) is 12.0 Å². The lowest BCUT2D eigenvalue weighted by atomic mass is 9.67. The van der Waals surface area contributed by atoms with Crippen LogP contribution in [-0.2, 0) is 10.8 Å². The third kappa shape index (κ3) is 2.79. The van der Waals surface area contributed by atoms with Crippen LogP contribution < -0.4 is 5.32 Å². The first-order valence-corrected chi connectivity index (χ1v) is 10.8. The van der Waals surface area contributed by atoms with E-state index in [9.17, 15) is 0 Å². The SMILES string of the molecule is CC1(c2ccc3c(c2C2(C)C=CC=CC2)Nc2ccccc2S3)C=CC=CC1. The van der Waals surface area contributed by atoms with Crippen LogP contribution in [0.1, 0.15) is 37.8 Å². The highest BCUT2D eigenvalue weighted by atomic mass is 32.2. The first-order valence-electron chi connectivity index (χ1n) is 10.00. The van der Waals surface area contributed by atoms with E-state index < -0.39 is 0 Å². The molecule has 28 heavy (non-hydrogen) atoms. The molecule has 0 bridgehead atoms. The van der Waals surface area contributed by atoms with E-state index in [1.807, 2.05) is 11.8 Å². The van der Waals surface area contributed by atoms with Gasteiger partial charge >= 0.3 is 0 Å². The molecule has 1 nitrogen and oxygen atoms in total. The van der Waals surface area contributed by atoms with Gasteiger partial charge in [0, 0.05) is 20.6 Å². The fourth-order valence-corrected chi connectivity index (χ4v) is 5.62. The molecule has 2 unspecified atom stereocenters. The molecule has 0 saturated carbocycles. The van der Waals surface area contributed by atoms with E-state index in [-0.39, 0.29) is 10.8 Å². The van der Waals surface area contributed by atoms with Crippen molar-refractivity contribution in [3.05, 3.63) is 96.1 Å². The summed E-state index contributed by atoms with van der Waals surface area (Å²) in [6.45, 7) is 4.75. The minimum absolute atomic E-state index is 0.0143. The summed E-state index contributed by atoms with van der Waals surface area (Å²) < 4.78 is 0. The molecule has 1 aliphatic heterocycles. The van der Waals surface area contributed by atoms with Gasteiger partial charge in [-0.3, -0.25) is 0 Å². The number of hydrogen-bond donors (Lipinski definition) is 1. The summed E-state index contributed by atoms with van der Waals surface area (Å²) in [5.74, 6) is 0. The second-order valence-electron chi connectivity index (χ2n) is 8.40. The summed E-state index contributed by atoms with van der Waals surface area (Å²) in [6, 6.07) is 13.3. The monoisotopic (exact) mass is 383 g/mol. The minimum atomic E-state index is -0.0206. The summed E-state index contributed by atoms with van der Waals surface area (Å²) in [5.41, 5.74) is 5.36. The molecule has 2 heteroatoms. The number of nitrogens with one attached hydrogen (secondary N) is 1. The second kappa shape index (κ2) is 6.56. The second-order valence-corrected chi connectivity index (χ2v) is 9.49. The number of benzene rings is 2. The largest absolute Gasteiger partial charge is 0.353 e. The highest BCUT2D eigenvalue weighted by molar-refractivity contribution is 7.99. The fraction of sp³-hybridized carbons (Fsp3) is 0.231. The standard InChI is InChI=1S/C26H25NS/c1-25(15-7-3-8-16-25)19-13-14-22-24(23(19)26(2)17-9-4-10-18-26)27-20-11-5-6-12-21(20)28-22/h3-15,17,27H,16,18H2,1-2H3. The van der Waals surface area contributed by atoms with Gasteiger partial charge in [0.05, 0.1) is 11.4 Å². The first kappa shape index (κ1) is 17.6. The first-order chi connectivity index (χ1) is 13.6. The molecular formula is C26H25NS. The van der Waals surface area contributed by atoms with Crippen molar-refractivity contribution in [1.29, 1.82) is 0 Å². The van der Waals surface area contributed by atoms with Gasteiger partial charge in [0.2, 0.25) is 0 Å². The van der Waals surface area contributed by atoms with Crippen molar-refractivity contribution in [2.45, 2.75) is 47.3 Å². The van der Waals surface area contributed by atoms with Gasteiger partial charge in [0.25, 0.3) is 0 Å². The van der Waals surface area contributed by atoms with Crippen molar-refractivity contribution in [1.82, 2.24) is 0 Å². The van der Waals surface area contributed by atoms with Crippen LogP contribution in [0.3, 0.4) is 0 Å². The third-order valence-corrected chi connectivity index (χ3v) is 7.36. The average Bonchev–Trinajstić information content (AvgIpc) is 2.72. The van der Waals surface area contributed by atoms with Crippen LogP contribution in [0.4, 0.5) is 11.4 Å². The predicted octanol–water partition coefficient (Wildman–Crippen LogP) is 7.44. The van der Waals surface area contributed by atoms with Crippen molar-refractivity contribution in [2.75, 3.05) is 5.32 Å². The highest BCUT2D eigenvalue weighted by Gasteiger charge is 2.37. The molecule has 1 heterocycles. The van der Waals surface area contributed by atoms with Gasteiger partial charge in [-0.15, -0.1) is 0 Å². The van der Waals surface area contributed by atoms with E-state index in [0.717, 1.165) is 12.8 Å². The Morgan fingerprint density at radius 2 is 1.50 bits per heavy atom. The molecule has 0 amide bonds. The lowest BCUT2D eigenvalue weighted by molar-refractivity contribution is 0.542. The summed E-state index contributed by atoms with van der Waals surface area (Å²) in [7, 11) is 0. The van der Waals surface area contributed by atoms with Gasteiger partial charge in [-0.25, -0.2) is 0 Å². The molecule has 0 spiro atoms. The molecule has 0 radical (unpaired) electrons. The quantitative estimate of drug-likeness (QED) is 0.493. The Kier molecular flexibility index (Phi) is 4.13. The van der Waals surface area contributed by atoms with Crippen molar-refractivity contribution in [3.8, 4) is 0 Å². The van der Waals surface area contributed by atoms with Gasteiger partial charge in [-0.2, -0.15) is 0 Å². The van der Waals surface area contributed by atoms with E-state index in [2.05, 4.69) is 104 Å². The molecular weight excluding hydrogens is 358 g/mol. The van der Waals surface area contributed by atoms with E-state index >= 15 is 0 Å². The Balaban J connectivity index is 1.74. The zero-order chi connectivity index (χ0) is 19.2. The fourth-order valence-electron chi connectivity index (χ4n) is 4.61. The van der Waals surface area contributed by atoms with E-state index in [1.165, 1.54) is 32.3 Å². The van der Waals surface area contributed by atoms with Crippen LogP contribution in [0, 0.1) is 0 Å². The molecule has 0 aromatic heterocycles. The molecule has 140 valence electrons. The molecule has 2 atom stereocenters. The zero-order valence-electron chi connectivity index (χ0n) is 16.4. The van der Waals surface area contributed by atoms with Crippen LogP contribution in [0.2, 0.25) is 0 Å². The third-order valence-electron chi connectivity index (χ3n) is 6.23. The van der Waals surface area contributed by atoms with E-state index in [0.29, 0.717) is 0 Å². The van der Waals surface area contributed by atoms with Crippen molar-refractivity contribution in [2.24, 2.45) is 0 Å². The van der Waals surface area contributed by atoms with Crippen LogP contribution in [0.25, 0.3) is 0 Å². The number of rotatable bonds is 2. The Morgan fingerprint density at radius 1 is 0.786 bits per heavy atom. The molecule has 2 aliphatic carbocycles.